The Morgan fingerprint density at radius 3 is 2.51 bits per heavy atom. The van der Waals surface area contributed by atoms with Gasteiger partial charge >= 0.3 is 0 Å². The summed E-state index contributed by atoms with van der Waals surface area (Å²) in [7, 11) is 1.50. The molecule has 0 spiro atoms. The number of nitrogens with one attached hydrogen (secondary N) is 5. The van der Waals surface area contributed by atoms with Gasteiger partial charge in [-0.2, -0.15) is 5.10 Å². The highest BCUT2D eigenvalue weighted by molar-refractivity contribution is 6.45. The Balaban J connectivity index is 0.000000488. The molecule has 16 nitrogen and oxygen atoms in total. The summed E-state index contributed by atoms with van der Waals surface area (Å²) >= 11 is 0. The SMILES string of the molecule is CCCNCCNC=O.COc1cnc(-c2cc(C)[nH]n2)c2[nH]cc(C(=O)C(=O)N3CCN(C(NN)N(N)c4ccccc4)CC3)c12. The van der Waals surface area contributed by atoms with E-state index in [1.165, 1.54) is 24.5 Å². The number of carbonyl (C=O) groups excluding carboxylic acids is 3. The van der Waals surface area contributed by atoms with Gasteiger partial charge < -0.3 is 25.3 Å². The number of hydrogen-bond donors (Lipinski definition) is 7. The number of hydrogen-bond acceptors (Lipinski definition) is 12. The lowest BCUT2D eigenvalue weighted by Crippen LogP contribution is -2.65. The number of piperazine rings is 1. The number of nitrogens with two attached hydrogens (primary N) is 2. The van der Waals surface area contributed by atoms with Crippen molar-refractivity contribution in [1.82, 2.24) is 46.0 Å². The van der Waals surface area contributed by atoms with Crippen molar-refractivity contribution in [3.63, 3.8) is 0 Å². The van der Waals surface area contributed by atoms with Gasteiger partial charge in [-0.3, -0.25) is 35.2 Å². The van der Waals surface area contributed by atoms with Gasteiger partial charge in [-0.25, -0.2) is 16.3 Å². The molecule has 1 fully saturated rings. The molecule has 0 bridgehead atoms. The number of aryl methyl sites for hydroxylation is 1. The summed E-state index contributed by atoms with van der Waals surface area (Å²) in [6.45, 7) is 8.24. The number of fused-ring (bicyclic) bond motifs is 1. The fourth-order valence-corrected chi connectivity index (χ4v) is 5.24. The van der Waals surface area contributed by atoms with Gasteiger partial charge in [-0.1, -0.05) is 25.1 Å². The van der Waals surface area contributed by atoms with Crippen LogP contribution in [0.4, 0.5) is 5.69 Å². The summed E-state index contributed by atoms with van der Waals surface area (Å²) < 4.78 is 5.48. The van der Waals surface area contributed by atoms with E-state index in [2.05, 4.69) is 43.1 Å². The molecule has 9 N–H and O–H groups in total. The Morgan fingerprint density at radius 2 is 1.89 bits per heavy atom. The molecule has 1 aliphatic heterocycles. The Hall–Kier alpha value is -4.87. The standard InChI is InChI=1S/C25H30N10O3.C6H14N2O/c1-15-12-18(32-31-15)21-22-20(19(38-2)14-29-21)17(13-28-22)23(36)24(37)33-8-10-34(11-9-33)25(30-26)35(27)16-6-4-3-5-7-16;1-2-3-7-4-5-8-6-9/h3-7,12-14,25,28,30H,8-11,26-27H2,1-2H3,(H,31,32);6-7H,2-5H2,1H3,(H,8,9). The molecule has 0 saturated carbocycles. The molecule has 4 heterocycles. The largest absolute Gasteiger partial charge is 0.494 e. The molecule has 252 valence electrons. The highest BCUT2D eigenvalue weighted by atomic mass is 16.5. The normalized spacial score (nSPS) is 13.9. The van der Waals surface area contributed by atoms with Crippen LogP contribution in [0.25, 0.3) is 22.3 Å². The summed E-state index contributed by atoms with van der Waals surface area (Å²) in [4.78, 5) is 47.5. The number of H-pyrrole nitrogens is 2. The zero-order valence-electron chi connectivity index (χ0n) is 27.0. The minimum atomic E-state index is -0.628. The van der Waals surface area contributed by atoms with Crippen molar-refractivity contribution in [3.8, 4) is 17.1 Å². The molecule has 1 aromatic carbocycles. The van der Waals surface area contributed by atoms with Crippen molar-refractivity contribution in [2.75, 3.05) is 57.9 Å². The average Bonchev–Trinajstić information content (AvgIpc) is 3.75. The minimum absolute atomic E-state index is 0.221. The van der Waals surface area contributed by atoms with Crippen molar-refractivity contribution >= 4 is 34.7 Å². The fourth-order valence-electron chi connectivity index (χ4n) is 5.24. The number of nitrogens with zero attached hydrogens (tertiary/aromatic N) is 5. The zero-order chi connectivity index (χ0) is 33.8. The summed E-state index contributed by atoms with van der Waals surface area (Å²) in [6, 6.07) is 11.3. The first-order chi connectivity index (χ1) is 22.8. The monoisotopic (exact) mass is 648 g/mol. The predicted octanol–water partition coefficient (Wildman–Crippen LogP) is 0.456. The molecule has 5 rings (SSSR count). The number of pyridine rings is 1. The highest BCUT2D eigenvalue weighted by Gasteiger charge is 2.33. The Morgan fingerprint density at radius 1 is 1.15 bits per heavy atom. The molecule has 0 radical (unpaired) electrons. The smallest absolute Gasteiger partial charge is 0.295 e. The van der Waals surface area contributed by atoms with E-state index in [0.717, 1.165) is 37.4 Å². The quantitative estimate of drug-likeness (QED) is 0.0189. The molecule has 1 atom stereocenters. The summed E-state index contributed by atoms with van der Waals surface area (Å²) in [5, 5.41) is 14.9. The van der Waals surface area contributed by atoms with Crippen molar-refractivity contribution in [2.24, 2.45) is 11.7 Å². The van der Waals surface area contributed by atoms with Gasteiger partial charge in [-0.05, 0) is 38.1 Å². The molecule has 3 aromatic heterocycles. The number of para-hydroxylation sites is 1. The third-order valence-electron chi connectivity index (χ3n) is 7.65. The number of amides is 2. The zero-order valence-corrected chi connectivity index (χ0v) is 27.0. The summed E-state index contributed by atoms with van der Waals surface area (Å²) in [5.74, 6) is 11.3. The maximum absolute atomic E-state index is 13.4. The molecular formula is C31H44N12O4. The first kappa shape index (κ1) is 35.0. The number of ether oxygens (including phenoxy) is 1. The van der Waals surface area contributed by atoms with E-state index in [1.807, 2.05) is 48.2 Å². The molecule has 1 aliphatic rings. The molecule has 1 saturated heterocycles. The van der Waals surface area contributed by atoms with Crippen molar-refractivity contribution < 1.29 is 19.1 Å². The number of ketones is 1. The first-order valence-corrected chi connectivity index (χ1v) is 15.4. The highest BCUT2D eigenvalue weighted by Crippen LogP contribution is 2.34. The van der Waals surface area contributed by atoms with Crippen LogP contribution in [0.3, 0.4) is 0 Å². The van der Waals surface area contributed by atoms with Crippen LogP contribution >= 0.6 is 0 Å². The fraction of sp³-hybridized carbons (Fsp3) is 0.387. The van der Waals surface area contributed by atoms with Crippen molar-refractivity contribution in [3.05, 3.63) is 60.0 Å². The van der Waals surface area contributed by atoms with E-state index in [0.29, 0.717) is 60.6 Å². The van der Waals surface area contributed by atoms with Crippen LogP contribution in [-0.2, 0) is 9.59 Å². The van der Waals surface area contributed by atoms with E-state index >= 15 is 0 Å². The lowest BCUT2D eigenvalue weighted by atomic mass is 10.1. The molecular weight excluding hydrogens is 604 g/mol. The number of aromatic nitrogens is 4. The van der Waals surface area contributed by atoms with Crippen LogP contribution in [-0.4, -0.2) is 107 Å². The maximum Gasteiger partial charge on any atom is 0.295 e. The second-order valence-electron chi connectivity index (χ2n) is 10.8. The maximum atomic E-state index is 13.4. The second-order valence-corrected chi connectivity index (χ2v) is 10.8. The third-order valence-corrected chi connectivity index (χ3v) is 7.65. The number of carbonyl (C=O) groups is 3. The van der Waals surface area contributed by atoms with Gasteiger partial charge in [0.25, 0.3) is 11.7 Å². The summed E-state index contributed by atoms with van der Waals surface area (Å²) in [6.07, 6.45) is 4.42. The van der Waals surface area contributed by atoms with E-state index in [9.17, 15) is 14.4 Å². The predicted molar refractivity (Wildman–Crippen MR) is 179 cm³/mol. The van der Waals surface area contributed by atoms with Gasteiger partial charge in [-0.15, -0.1) is 0 Å². The number of rotatable bonds is 14. The molecule has 1 unspecified atom stereocenters. The van der Waals surface area contributed by atoms with Crippen LogP contribution in [0.5, 0.6) is 5.75 Å². The van der Waals surface area contributed by atoms with Crippen LogP contribution in [0.15, 0.2) is 48.8 Å². The lowest BCUT2D eigenvalue weighted by molar-refractivity contribution is -0.128. The molecule has 16 heteroatoms. The number of Topliss-reactive ketones (excluding diaryl/α,β-unsaturated/α-hetero) is 1. The number of anilines is 1. The van der Waals surface area contributed by atoms with Crippen molar-refractivity contribution in [1.29, 1.82) is 0 Å². The van der Waals surface area contributed by atoms with Gasteiger partial charge in [0.2, 0.25) is 6.41 Å². The average molecular weight is 649 g/mol. The van der Waals surface area contributed by atoms with Crippen LogP contribution in [0, 0.1) is 6.92 Å². The van der Waals surface area contributed by atoms with Gasteiger partial charge in [0.15, 0.2) is 6.29 Å². The molecule has 0 aliphatic carbocycles. The van der Waals surface area contributed by atoms with E-state index in [4.69, 9.17) is 16.4 Å². The minimum Gasteiger partial charge on any atom is -0.494 e. The van der Waals surface area contributed by atoms with Gasteiger partial charge in [0.05, 0.1) is 35.5 Å². The summed E-state index contributed by atoms with van der Waals surface area (Å²) in [5.41, 5.74) is 6.35. The number of methoxy groups -OCH3 is 1. The number of aromatic amines is 2. The van der Waals surface area contributed by atoms with Crippen molar-refractivity contribution in [2.45, 2.75) is 26.6 Å². The second kappa shape index (κ2) is 17.2. The van der Waals surface area contributed by atoms with Gasteiger partial charge in [0, 0.05) is 51.2 Å². The molecule has 2 amide bonds. The Bertz CT molecular complexity index is 1600. The first-order valence-electron chi connectivity index (χ1n) is 15.4. The van der Waals surface area contributed by atoms with E-state index in [-0.39, 0.29) is 5.56 Å². The molecule has 47 heavy (non-hydrogen) atoms. The molecule has 4 aromatic rings. The number of hydrazine groups is 2. The third kappa shape index (κ3) is 8.49. The Labute approximate surface area is 273 Å². The topological polar surface area (TPSA) is 216 Å². The lowest BCUT2D eigenvalue weighted by Gasteiger charge is -2.42. The number of benzene rings is 1. The van der Waals surface area contributed by atoms with Crippen LogP contribution in [0.1, 0.15) is 29.4 Å². The van der Waals surface area contributed by atoms with Gasteiger partial charge in [0.1, 0.15) is 17.1 Å². The van der Waals surface area contributed by atoms with Crippen LogP contribution in [0.2, 0.25) is 0 Å². The Kier molecular flexibility index (Phi) is 12.8. The van der Waals surface area contributed by atoms with E-state index < -0.39 is 18.0 Å². The van der Waals surface area contributed by atoms with Crippen LogP contribution < -0.4 is 37.5 Å². The van der Waals surface area contributed by atoms with E-state index in [1.54, 1.807) is 4.90 Å².